The first-order valence-corrected chi connectivity index (χ1v) is 17.2. The summed E-state index contributed by atoms with van der Waals surface area (Å²) in [6.45, 7) is 13.9. The second kappa shape index (κ2) is 12.4. The van der Waals surface area contributed by atoms with Gasteiger partial charge in [0.2, 0.25) is 0 Å². The van der Waals surface area contributed by atoms with Gasteiger partial charge in [-0.05, 0) is 113 Å². The van der Waals surface area contributed by atoms with Crippen molar-refractivity contribution < 1.29 is 9.47 Å². The van der Waals surface area contributed by atoms with Crippen molar-refractivity contribution in [1.82, 2.24) is 0 Å². The lowest BCUT2D eigenvalue weighted by Crippen LogP contribution is -2.32. The van der Waals surface area contributed by atoms with Gasteiger partial charge < -0.3 is 9.47 Å². The summed E-state index contributed by atoms with van der Waals surface area (Å²) in [6.07, 6.45) is 9.35. The number of ether oxygens (including phenoxy) is 2. The van der Waals surface area contributed by atoms with Crippen molar-refractivity contribution in [1.29, 1.82) is 0 Å². The molecule has 2 aliphatic carbocycles. The third kappa shape index (κ3) is 5.74. The lowest BCUT2D eigenvalue weighted by Gasteiger charge is -2.28. The van der Waals surface area contributed by atoms with Gasteiger partial charge in [-0.1, -0.05) is 139 Å². The van der Waals surface area contributed by atoms with Crippen LogP contribution in [-0.2, 0) is 10.8 Å². The normalized spacial score (nSPS) is 13.6. The zero-order valence-corrected chi connectivity index (χ0v) is 30.0. The molecule has 5 aromatic carbocycles. The number of rotatable bonds is 6. The molecule has 0 aromatic heterocycles. The molecule has 0 bridgehead atoms. The van der Waals surface area contributed by atoms with E-state index in [1.807, 2.05) is 6.07 Å². The molecule has 0 amide bonds. The predicted molar refractivity (Wildman–Crippen MR) is 206 cm³/mol. The van der Waals surface area contributed by atoms with E-state index in [0.29, 0.717) is 0 Å². The summed E-state index contributed by atoms with van der Waals surface area (Å²) in [4.78, 5) is 0. The van der Waals surface area contributed by atoms with E-state index in [0.717, 1.165) is 34.6 Å². The van der Waals surface area contributed by atoms with Gasteiger partial charge in [0, 0.05) is 5.56 Å². The van der Waals surface area contributed by atoms with E-state index in [4.69, 9.17) is 9.47 Å². The Labute approximate surface area is 291 Å². The summed E-state index contributed by atoms with van der Waals surface area (Å²) in [5.74, 6) is 1.48. The fraction of sp³-hybridized carbons (Fsp3) is 0.234. The maximum absolute atomic E-state index is 6.01. The molecule has 49 heavy (non-hydrogen) atoms. The van der Waals surface area contributed by atoms with Gasteiger partial charge >= 0.3 is 0 Å². The standard InChI is InChI=1S/C47H45O2/c1-46(2,3)33-25-26-34-32(27-33)28-39-38(34)29-40(42(30-17-11-9-12-18-30)31-19-13-10-14-20-31)44(47(4,5)6)43(39)36-22-15-21-35(36)37-23-16-24-41(48-7)45(37)49-8/h9-21,23-27,29H,22H2,1-8H3. The molecule has 0 N–H and O–H groups in total. The zero-order chi connectivity index (χ0) is 34.5. The van der Waals surface area contributed by atoms with Gasteiger partial charge in [-0.3, -0.25) is 0 Å². The fourth-order valence-corrected chi connectivity index (χ4v) is 7.57. The van der Waals surface area contributed by atoms with Crippen molar-refractivity contribution >= 4 is 22.8 Å². The number of fused-ring (bicyclic) bond motifs is 3. The van der Waals surface area contributed by atoms with Crippen LogP contribution in [0.2, 0.25) is 0 Å². The monoisotopic (exact) mass is 641 g/mol. The number of hydrogen-bond donors (Lipinski definition) is 0. The first kappa shape index (κ1) is 32.5. The van der Waals surface area contributed by atoms with Crippen molar-refractivity contribution in [3.8, 4) is 22.6 Å². The molecule has 0 spiro atoms. The van der Waals surface area contributed by atoms with E-state index >= 15 is 0 Å². The van der Waals surface area contributed by atoms with Crippen LogP contribution in [0.3, 0.4) is 0 Å². The second-order valence-corrected chi connectivity index (χ2v) is 15.1. The van der Waals surface area contributed by atoms with E-state index < -0.39 is 0 Å². The Balaban J connectivity index is 1.70. The molecule has 1 radical (unpaired) electrons. The predicted octanol–water partition coefficient (Wildman–Crippen LogP) is 10.1. The lowest BCUT2D eigenvalue weighted by atomic mass is 9.75. The summed E-state index contributed by atoms with van der Waals surface area (Å²) in [6, 6.07) is 37.3. The Kier molecular flexibility index (Phi) is 8.23. The minimum Gasteiger partial charge on any atom is -0.493 e. The van der Waals surface area contributed by atoms with Crippen LogP contribution in [0.25, 0.3) is 33.9 Å². The molecule has 0 atom stereocenters. The summed E-state index contributed by atoms with van der Waals surface area (Å²) < 4.78 is 11.8. The van der Waals surface area contributed by atoms with Crippen LogP contribution in [0.1, 0.15) is 86.9 Å². The molecule has 2 heteroatoms. The summed E-state index contributed by atoms with van der Waals surface area (Å²) >= 11 is 0. The third-order valence-electron chi connectivity index (χ3n) is 9.83. The van der Waals surface area contributed by atoms with Crippen LogP contribution < -0.4 is 19.9 Å². The summed E-state index contributed by atoms with van der Waals surface area (Å²) in [5.41, 5.74) is 14.5. The number of methoxy groups -OCH3 is 2. The average molecular weight is 642 g/mol. The molecule has 5 aromatic rings. The number of allylic oxidation sites excluding steroid dienone is 4. The van der Waals surface area contributed by atoms with Crippen molar-refractivity contribution in [3.05, 3.63) is 165 Å². The van der Waals surface area contributed by atoms with Crippen molar-refractivity contribution in [2.24, 2.45) is 0 Å². The molecule has 0 saturated heterocycles. The molecule has 2 aliphatic rings. The maximum atomic E-state index is 6.01. The van der Waals surface area contributed by atoms with Crippen molar-refractivity contribution in [2.75, 3.05) is 14.2 Å². The molecular formula is C47H45O2. The van der Waals surface area contributed by atoms with Crippen molar-refractivity contribution in [3.63, 3.8) is 0 Å². The Morgan fingerprint density at radius 2 is 1.33 bits per heavy atom. The van der Waals surface area contributed by atoms with Gasteiger partial charge in [-0.25, -0.2) is 0 Å². The quantitative estimate of drug-likeness (QED) is 0.180. The second-order valence-electron chi connectivity index (χ2n) is 15.1. The SMILES string of the molecule is COc1cccc(C2=C(c3c(C(C)(C)C)c(=C(c4ccccc4)c4ccccc4)cc4c3=[C]c3cc(C(C)(C)C)ccc3-4)CC=C2)c1OC. The Morgan fingerprint density at radius 1 is 0.653 bits per heavy atom. The minimum atomic E-state index is -0.208. The highest BCUT2D eigenvalue weighted by molar-refractivity contribution is 6.03. The van der Waals surface area contributed by atoms with Gasteiger partial charge in [-0.2, -0.15) is 0 Å². The molecule has 0 heterocycles. The maximum Gasteiger partial charge on any atom is 0.168 e. The van der Waals surface area contributed by atoms with Gasteiger partial charge in [0.05, 0.1) is 14.2 Å². The lowest BCUT2D eigenvalue weighted by molar-refractivity contribution is 0.354. The third-order valence-corrected chi connectivity index (χ3v) is 9.83. The number of benzene rings is 5. The zero-order valence-electron chi connectivity index (χ0n) is 30.0. The van der Waals surface area contributed by atoms with Gasteiger partial charge in [0.1, 0.15) is 0 Å². The molecular weight excluding hydrogens is 597 g/mol. The highest BCUT2D eigenvalue weighted by Gasteiger charge is 2.31. The van der Waals surface area contributed by atoms with Crippen molar-refractivity contribution in [2.45, 2.75) is 58.8 Å². The van der Waals surface area contributed by atoms with Crippen LogP contribution in [0.4, 0.5) is 0 Å². The van der Waals surface area contributed by atoms with E-state index in [-0.39, 0.29) is 10.8 Å². The molecule has 0 fully saturated rings. The van der Waals surface area contributed by atoms with Crippen LogP contribution in [0.5, 0.6) is 11.5 Å². The van der Waals surface area contributed by atoms with E-state index in [9.17, 15) is 0 Å². The smallest absolute Gasteiger partial charge is 0.168 e. The Bertz CT molecular complexity index is 2210. The van der Waals surface area contributed by atoms with E-state index in [1.54, 1.807) is 14.2 Å². The number of hydrogen-bond acceptors (Lipinski definition) is 2. The van der Waals surface area contributed by atoms with E-state index in [2.05, 4.69) is 157 Å². The van der Waals surface area contributed by atoms with Gasteiger partial charge in [0.15, 0.2) is 11.5 Å². The van der Waals surface area contributed by atoms with E-state index in [1.165, 1.54) is 60.5 Å². The first-order valence-electron chi connectivity index (χ1n) is 17.2. The van der Waals surface area contributed by atoms with Crippen LogP contribution in [-0.4, -0.2) is 14.2 Å². The molecule has 245 valence electrons. The number of para-hydroxylation sites is 1. The molecule has 0 unspecified atom stereocenters. The molecule has 2 nitrogen and oxygen atoms in total. The highest BCUT2D eigenvalue weighted by atomic mass is 16.5. The summed E-state index contributed by atoms with van der Waals surface area (Å²) in [7, 11) is 3.43. The topological polar surface area (TPSA) is 18.5 Å². The molecule has 0 saturated carbocycles. The molecule has 0 aliphatic heterocycles. The molecule has 7 rings (SSSR count). The largest absolute Gasteiger partial charge is 0.493 e. The fourth-order valence-electron chi connectivity index (χ4n) is 7.57. The van der Waals surface area contributed by atoms with Gasteiger partial charge in [0.25, 0.3) is 0 Å². The minimum absolute atomic E-state index is 0.0333. The Hall–Kier alpha value is -5.08. The highest BCUT2D eigenvalue weighted by Crippen LogP contribution is 2.45. The average Bonchev–Trinajstić information content (AvgIpc) is 3.72. The summed E-state index contributed by atoms with van der Waals surface area (Å²) in [5, 5.41) is 2.43. The van der Waals surface area contributed by atoms with Gasteiger partial charge in [-0.15, -0.1) is 0 Å². The van der Waals surface area contributed by atoms with Crippen LogP contribution >= 0.6 is 0 Å². The first-order chi connectivity index (χ1) is 23.5. The van der Waals surface area contributed by atoms with Crippen LogP contribution in [0.15, 0.2) is 115 Å². The Morgan fingerprint density at radius 3 is 1.92 bits per heavy atom. The van der Waals surface area contributed by atoms with Crippen LogP contribution in [0, 0.1) is 0 Å².